The first-order valence-corrected chi connectivity index (χ1v) is 7.26. The molecule has 2 N–H and O–H groups in total. The summed E-state index contributed by atoms with van der Waals surface area (Å²) in [6.07, 6.45) is -4.61. The van der Waals surface area contributed by atoms with Crippen molar-refractivity contribution in [3.05, 3.63) is 29.8 Å². The lowest BCUT2D eigenvalue weighted by molar-refractivity contribution is -0.153. The van der Waals surface area contributed by atoms with E-state index in [0.717, 1.165) is 0 Å². The monoisotopic (exact) mass is 368 g/mol. The van der Waals surface area contributed by atoms with E-state index in [4.69, 9.17) is 4.74 Å². The topological polar surface area (TPSA) is 59.6 Å². The molecule has 2 atom stereocenters. The molecule has 1 aromatic carbocycles. The number of amides is 1. The minimum Gasteiger partial charge on any atom is -0.484 e. The molecule has 1 fully saturated rings. The highest BCUT2D eigenvalue weighted by Gasteiger charge is 2.29. The summed E-state index contributed by atoms with van der Waals surface area (Å²) >= 11 is 0. The molecule has 1 heterocycles. The molecule has 1 aliphatic heterocycles. The van der Waals surface area contributed by atoms with E-state index in [1.54, 1.807) is 12.1 Å². The van der Waals surface area contributed by atoms with Crippen molar-refractivity contribution in [1.82, 2.24) is 10.6 Å². The number of hydrogen-bond donors (Lipinski definition) is 2. The molecule has 24 heavy (non-hydrogen) atoms. The first-order chi connectivity index (χ1) is 10.8. The zero-order valence-corrected chi connectivity index (χ0v) is 13.9. The maximum atomic E-state index is 12.1. The Morgan fingerprint density at radius 2 is 2.21 bits per heavy atom. The molecular weight excluding hydrogens is 349 g/mol. The predicted molar refractivity (Wildman–Crippen MR) is 84.3 cm³/mol. The smallest absolute Gasteiger partial charge is 0.422 e. The maximum Gasteiger partial charge on any atom is 0.422 e. The van der Waals surface area contributed by atoms with Crippen molar-refractivity contribution in [2.75, 3.05) is 19.8 Å². The number of carbonyl (C=O) groups is 1. The van der Waals surface area contributed by atoms with Gasteiger partial charge in [0.25, 0.3) is 0 Å². The van der Waals surface area contributed by atoms with Crippen LogP contribution in [0.1, 0.15) is 12.5 Å². The molecule has 1 saturated heterocycles. The Labute approximate surface area is 144 Å². The van der Waals surface area contributed by atoms with Gasteiger partial charge in [0.1, 0.15) is 11.8 Å². The van der Waals surface area contributed by atoms with Crippen molar-refractivity contribution in [3.8, 4) is 5.75 Å². The zero-order valence-electron chi connectivity index (χ0n) is 13.1. The van der Waals surface area contributed by atoms with E-state index in [1.807, 2.05) is 6.92 Å². The van der Waals surface area contributed by atoms with Crippen molar-refractivity contribution < 1.29 is 27.4 Å². The van der Waals surface area contributed by atoms with Crippen LogP contribution in [0.15, 0.2) is 24.3 Å². The summed E-state index contributed by atoms with van der Waals surface area (Å²) < 4.78 is 46.5. The summed E-state index contributed by atoms with van der Waals surface area (Å²) in [7, 11) is 0. The van der Waals surface area contributed by atoms with Crippen molar-refractivity contribution >= 4 is 18.3 Å². The summed E-state index contributed by atoms with van der Waals surface area (Å²) in [4.78, 5) is 12.1. The van der Waals surface area contributed by atoms with Crippen LogP contribution in [0.5, 0.6) is 5.75 Å². The van der Waals surface area contributed by atoms with Crippen LogP contribution in [0.3, 0.4) is 0 Å². The molecule has 5 nitrogen and oxygen atoms in total. The molecule has 0 bridgehead atoms. The van der Waals surface area contributed by atoms with Crippen molar-refractivity contribution in [2.24, 2.45) is 0 Å². The fraction of sp³-hybridized carbons (Fsp3) is 0.533. The lowest BCUT2D eigenvalue weighted by atomic mass is 10.1. The number of benzene rings is 1. The molecule has 136 valence electrons. The van der Waals surface area contributed by atoms with Crippen LogP contribution in [-0.2, 0) is 16.1 Å². The lowest BCUT2D eigenvalue weighted by Crippen LogP contribution is -2.55. The average molecular weight is 369 g/mol. The van der Waals surface area contributed by atoms with Crippen LogP contribution in [0.2, 0.25) is 0 Å². The van der Waals surface area contributed by atoms with Gasteiger partial charge in [0, 0.05) is 13.1 Å². The van der Waals surface area contributed by atoms with Crippen LogP contribution in [0, 0.1) is 0 Å². The number of alkyl halides is 3. The van der Waals surface area contributed by atoms with Crippen LogP contribution in [-0.4, -0.2) is 44.0 Å². The average Bonchev–Trinajstić information content (AvgIpc) is 2.51. The third kappa shape index (κ3) is 6.54. The summed E-state index contributed by atoms with van der Waals surface area (Å²) in [6, 6.07) is 5.76. The number of hydrogen-bond acceptors (Lipinski definition) is 4. The lowest BCUT2D eigenvalue weighted by Gasteiger charge is -2.29. The first-order valence-electron chi connectivity index (χ1n) is 7.26. The summed E-state index contributed by atoms with van der Waals surface area (Å²) in [5, 5.41) is 5.81. The number of nitrogens with one attached hydrogen (secondary N) is 2. The SMILES string of the molecule is C[C@H]1OCCN[C@@H]1C(=O)NCc1cccc(OCC(F)(F)F)c1.Cl. The standard InChI is InChI=1S/C15H19F3N2O3.ClH/c1-10-13(19-5-6-22-10)14(21)20-8-11-3-2-4-12(7-11)23-9-15(16,17)18;/h2-4,7,10,13,19H,5-6,8-9H2,1H3,(H,20,21);1H/t10-,13+;/m1./s1. The molecular formula is C15H20ClF3N2O3. The Bertz CT molecular complexity index is 543. The second-order valence-electron chi connectivity index (χ2n) is 5.28. The van der Waals surface area contributed by atoms with Crippen molar-refractivity contribution in [3.63, 3.8) is 0 Å². The Morgan fingerprint density at radius 1 is 1.46 bits per heavy atom. The van der Waals surface area contributed by atoms with Gasteiger partial charge in [-0.25, -0.2) is 0 Å². The van der Waals surface area contributed by atoms with Crippen LogP contribution >= 0.6 is 12.4 Å². The fourth-order valence-electron chi connectivity index (χ4n) is 2.24. The second kappa shape index (κ2) is 9.10. The predicted octanol–water partition coefficient (Wildman–Crippen LogP) is 2.04. The van der Waals surface area contributed by atoms with Crippen molar-refractivity contribution in [1.29, 1.82) is 0 Å². The van der Waals surface area contributed by atoms with Gasteiger partial charge in [0.15, 0.2) is 6.61 Å². The minimum atomic E-state index is -4.38. The first kappa shape index (κ1) is 20.5. The number of morpholine rings is 1. The quantitative estimate of drug-likeness (QED) is 0.835. The molecule has 1 aliphatic rings. The number of rotatable bonds is 5. The zero-order chi connectivity index (χ0) is 16.9. The van der Waals surface area contributed by atoms with Gasteiger partial charge in [-0.05, 0) is 24.6 Å². The van der Waals surface area contributed by atoms with Gasteiger partial charge >= 0.3 is 6.18 Å². The van der Waals surface area contributed by atoms with Gasteiger partial charge < -0.3 is 20.1 Å². The molecule has 0 unspecified atom stereocenters. The number of ether oxygens (including phenoxy) is 2. The van der Waals surface area contributed by atoms with Gasteiger partial charge in [-0.15, -0.1) is 12.4 Å². The Hall–Kier alpha value is -1.51. The van der Waals surface area contributed by atoms with Crippen molar-refractivity contribution in [2.45, 2.75) is 31.8 Å². The molecule has 9 heteroatoms. The van der Waals surface area contributed by atoms with Gasteiger partial charge in [0.2, 0.25) is 5.91 Å². The highest BCUT2D eigenvalue weighted by Crippen LogP contribution is 2.19. The van der Waals surface area contributed by atoms with E-state index in [0.29, 0.717) is 18.7 Å². The van der Waals surface area contributed by atoms with E-state index >= 15 is 0 Å². The third-order valence-electron chi connectivity index (χ3n) is 3.37. The molecule has 0 spiro atoms. The summed E-state index contributed by atoms with van der Waals surface area (Å²) in [5.74, 6) is -0.0969. The van der Waals surface area contributed by atoms with Gasteiger partial charge in [-0.2, -0.15) is 13.2 Å². The third-order valence-corrected chi connectivity index (χ3v) is 3.37. The van der Waals surface area contributed by atoms with E-state index in [1.165, 1.54) is 12.1 Å². The molecule has 0 aliphatic carbocycles. The molecule has 1 aromatic rings. The second-order valence-corrected chi connectivity index (χ2v) is 5.28. The number of halogens is 4. The van der Waals surface area contributed by atoms with Gasteiger partial charge in [-0.1, -0.05) is 12.1 Å². The molecule has 0 radical (unpaired) electrons. The molecule has 2 rings (SSSR count). The van der Waals surface area contributed by atoms with Crippen LogP contribution in [0.4, 0.5) is 13.2 Å². The summed E-state index contributed by atoms with van der Waals surface area (Å²) in [5.41, 5.74) is 0.655. The molecule has 0 aromatic heterocycles. The van der Waals surface area contributed by atoms with E-state index in [-0.39, 0.29) is 36.7 Å². The maximum absolute atomic E-state index is 12.1. The number of carbonyl (C=O) groups excluding carboxylic acids is 1. The van der Waals surface area contributed by atoms with E-state index in [9.17, 15) is 18.0 Å². The van der Waals surface area contributed by atoms with Crippen LogP contribution in [0.25, 0.3) is 0 Å². The Kier molecular flexibility index (Phi) is 7.78. The fourth-order valence-corrected chi connectivity index (χ4v) is 2.24. The van der Waals surface area contributed by atoms with Gasteiger partial charge in [0.05, 0.1) is 12.7 Å². The normalized spacial score (nSPS) is 20.8. The molecule has 1 amide bonds. The molecule has 0 saturated carbocycles. The highest BCUT2D eigenvalue weighted by molar-refractivity contribution is 5.85. The highest BCUT2D eigenvalue weighted by atomic mass is 35.5. The Morgan fingerprint density at radius 3 is 2.88 bits per heavy atom. The van der Waals surface area contributed by atoms with Gasteiger partial charge in [-0.3, -0.25) is 4.79 Å². The largest absolute Gasteiger partial charge is 0.484 e. The van der Waals surface area contributed by atoms with E-state index < -0.39 is 18.8 Å². The summed E-state index contributed by atoms with van der Waals surface area (Å²) in [6.45, 7) is 1.82. The Balaban J connectivity index is 0.00000288. The van der Waals surface area contributed by atoms with E-state index in [2.05, 4.69) is 15.4 Å². The van der Waals surface area contributed by atoms with Crippen LogP contribution < -0.4 is 15.4 Å². The minimum absolute atomic E-state index is 0.